The van der Waals surface area contributed by atoms with Crippen LogP contribution < -0.4 is 10.6 Å². The summed E-state index contributed by atoms with van der Waals surface area (Å²) in [5.41, 5.74) is 1.85. The summed E-state index contributed by atoms with van der Waals surface area (Å²) in [5, 5.41) is 13.4. The van der Waals surface area contributed by atoms with Crippen LogP contribution in [-0.2, 0) is 0 Å². The molecule has 0 bridgehead atoms. The Bertz CT molecular complexity index is 489. The number of anilines is 1. The van der Waals surface area contributed by atoms with E-state index in [1.165, 1.54) is 6.42 Å². The average molecular weight is 244 g/mol. The fourth-order valence-corrected chi connectivity index (χ4v) is 2.14. The van der Waals surface area contributed by atoms with Crippen LogP contribution in [0, 0.1) is 0 Å². The van der Waals surface area contributed by atoms with E-state index in [1.54, 1.807) is 12.4 Å². The van der Waals surface area contributed by atoms with Crippen molar-refractivity contribution in [2.45, 2.75) is 18.9 Å². The molecule has 0 spiro atoms. The highest BCUT2D eigenvalue weighted by atomic mass is 15.1. The quantitative estimate of drug-likeness (QED) is 0.751. The van der Waals surface area contributed by atoms with E-state index < -0.39 is 0 Å². The Hall–Kier alpha value is -1.95. The van der Waals surface area contributed by atoms with E-state index in [9.17, 15) is 0 Å². The highest BCUT2D eigenvalue weighted by molar-refractivity contribution is 5.57. The number of H-pyrrole nitrogens is 1. The molecule has 0 radical (unpaired) electrons. The van der Waals surface area contributed by atoms with Gasteiger partial charge in [0.15, 0.2) is 0 Å². The first-order chi connectivity index (χ1) is 8.92. The fourth-order valence-electron chi connectivity index (χ4n) is 2.14. The normalized spacial score (nSPS) is 19.7. The van der Waals surface area contributed by atoms with E-state index >= 15 is 0 Å². The van der Waals surface area contributed by atoms with Gasteiger partial charge >= 0.3 is 0 Å². The molecule has 0 amide bonds. The maximum atomic E-state index is 4.50. The molecule has 1 aliphatic rings. The van der Waals surface area contributed by atoms with Crippen LogP contribution in [0.2, 0.25) is 0 Å². The summed E-state index contributed by atoms with van der Waals surface area (Å²) < 4.78 is 0. The third-order valence-corrected chi connectivity index (χ3v) is 3.08. The second-order valence-corrected chi connectivity index (χ2v) is 4.44. The molecule has 18 heavy (non-hydrogen) atoms. The first kappa shape index (κ1) is 11.2. The summed E-state index contributed by atoms with van der Waals surface area (Å²) >= 11 is 0. The zero-order chi connectivity index (χ0) is 12.2. The van der Waals surface area contributed by atoms with Crippen LogP contribution in [-0.4, -0.2) is 39.3 Å². The third kappa shape index (κ3) is 2.48. The van der Waals surface area contributed by atoms with Crippen LogP contribution in [0.4, 0.5) is 5.95 Å². The van der Waals surface area contributed by atoms with Gasteiger partial charge in [-0.2, -0.15) is 5.10 Å². The summed E-state index contributed by atoms with van der Waals surface area (Å²) in [6.45, 7) is 2.08. The van der Waals surface area contributed by atoms with Crippen molar-refractivity contribution < 1.29 is 0 Å². The van der Waals surface area contributed by atoms with Crippen LogP contribution in [0.25, 0.3) is 11.3 Å². The topological polar surface area (TPSA) is 78.5 Å². The molecule has 1 atom stereocenters. The van der Waals surface area contributed by atoms with Crippen LogP contribution in [0.3, 0.4) is 0 Å². The number of aromatic nitrogens is 4. The predicted molar refractivity (Wildman–Crippen MR) is 69.1 cm³/mol. The second-order valence-electron chi connectivity index (χ2n) is 4.44. The van der Waals surface area contributed by atoms with Gasteiger partial charge in [-0.05, 0) is 25.5 Å². The molecular weight excluding hydrogens is 228 g/mol. The largest absolute Gasteiger partial charge is 0.350 e. The lowest BCUT2D eigenvalue weighted by Gasteiger charge is -2.23. The molecule has 6 heteroatoms. The van der Waals surface area contributed by atoms with Gasteiger partial charge in [0.05, 0.1) is 11.9 Å². The van der Waals surface area contributed by atoms with E-state index in [-0.39, 0.29) is 0 Å². The minimum absolute atomic E-state index is 0.415. The monoisotopic (exact) mass is 244 g/mol. The number of piperidine rings is 1. The fraction of sp³-hybridized carbons (Fsp3) is 0.417. The number of hydrogen-bond acceptors (Lipinski definition) is 5. The number of aromatic amines is 1. The number of nitrogens with one attached hydrogen (secondary N) is 3. The third-order valence-electron chi connectivity index (χ3n) is 3.08. The zero-order valence-corrected chi connectivity index (χ0v) is 10.1. The van der Waals surface area contributed by atoms with Crippen molar-refractivity contribution in [1.82, 2.24) is 25.5 Å². The molecule has 6 nitrogen and oxygen atoms in total. The minimum Gasteiger partial charge on any atom is -0.350 e. The van der Waals surface area contributed by atoms with Crippen LogP contribution in [0.5, 0.6) is 0 Å². The number of nitrogens with zero attached hydrogens (tertiary/aromatic N) is 3. The SMILES string of the molecule is c1cc(-c2cn[nH]c2)nc(NC2CCCNC2)n1. The molecule has 1 unspecified atom stereocenters. The maximum Gasteiger partial charge on any atom is 0.223 e. The van der Waals surface area contributed by atoms with Gasteiger partial charge in [0, 0.05) is 30.5 Å². The number of rotatable bonds is 3. The Kier molecular flexibility index (Phi) is 3.18. The lowest BCUT2D eigenvalue weighted by atomic mass is 10.1. The highest BCUT2D eigenvalue weighted by Gasteiger charge is 2.13. The summed E-state index contributed by atoms with van der Waals surface area (Å²) in [4.78, 5) is 8.76. The molecular formula is C12H16N6. The standard InChI is InChI=1S/C12H16N6/c1-2-10(8-13-4-1)17-12-14-5-3-11(18-12)9-6-15-16-7-9/h3,5-7,10,13H,1-2,4,8H2,(H,15,16)(H,14,17,18). The van der Waals surface area contributed by atoms with Gasteiger partial charge in [-0.1, -0.05) is 0 Å². The van der Waals surface area contributed by atoms with Gasteiger partial charge < -0.3 is 10.6 Å². The molecule has 1 aliphatic heterocycles. The molecule has 2 aromatic rings. The van der Waals surface area contributed by atoms with E-state index in [4.69, 9.17) is 0 Å². The van der Waals surface area contributed by atoms with Crippen molar-refractivity contribution in [2.75, 3.05) is 18.4 Å². The summed E-state index contributed by atoms with van der Waals surface area (Å²) in [5.74, 6) is 0.683. The van der Waals surface area contributed by atoms with Gasteiger partial charge in [-0.3, -0.25) is 5.10 Å². The maximum absolute atomic E-state index is 4.50. The van der Waals surface area contributed by atoms with Gasteiger partial charge in [0.1, 0.15) is 0 Å². The molecule has 1 saturated heterocycles. The second kappa shape index (κ2) is 5.14. The van der Waals surface area contributed by atoms with Crippen molar-refractivity contribution in [1.29, 1.82) is 0 Å². The van der Waals surface area contributed by atoms with Gasteiger partial charge in [-0.25, -0.2) is 9.97 Å². The molecule has 0 aliphatic carbocycles. The van der Waals surface area contributed by atoms with E-state index in [0.29, 0.717) is 12.0 Å². The van der Waals surface area contributed by atoms with Gasteiger partial charge in [0.2, 0.25) is 5.95 Å². The summed E-state index contributed by atoms with van der Waals surface area (Å²) in [6, 6.07) is 2.30. The number of hydrogen-bond donors (Lipinski definition) is 3. The molecule has 3 N–H and O–H groups in total. The molecule has 0 saturated carbocycles. The average Bonchev–Trinajstić information content (AvgIpc) is 2.94. The van der Waals surface area contributed by atoms with E-state index in [1.807, 2.05) is 12.3 Å². The molecule has 0 aromatic carbocycles. The van der Waals surface area contributed by atoms with Crippen molar-refractivity contribution in [2.24, 2.45) is 0 Å². The van der Waals surface area contributed by atoms with Crippen LogP contribution in [0.1, 0.15) is 12.8 Å². The lowest BCUT2D eigenvalue weighted by Crippen LogP contribution is -2.38. The van der Waals surface area contributed by atoms with E-state index in [2.05, 4.69) is 30.8 Å². The van der Waals surface area contributed by atoms with Crippen LogP contribution in [0.15, 0.2) is 24.7 Å². The summed E-state index contributed by atoms with van der Waals surface area (Å²) in [6.07, 6.45) is 7.71. The van der Waals surface area contributed by atoms with E-state index in [0.717, 1.165) is 30.8 Å². The van der Waals surface area contributed by atoms with Crippen molar-refractivity contribution >= 4 is 5.95 Å². The lowest BCUT2D eigenvalue weighted by molar-refractivity contribution is 0.478. The Morgan fingerprint density at radius 2 is 2.39 bits per heavy atom. The predicted octanol–water partition coefficient (Wildman–Crippen LogP) is 1.03. The van der Waals surface area contributed by atoms with Crippen molar-refractivity contribution in [3.05, 3.63) is 24.7 Å². The van der Waals surface area contributed by atoms with Gasteiger partial charge in [0.25, 0.3) is 0 Å². The molecule has 3 rings (SSSR count). The minimum atomic E-state index is 0.415. The smallest absolute Gasteiger partial charge is 0.223 e. The molecule has 94 valence electrons. The summed E-state index contributed by atoms with van der Waals surface area (Å²) in [7, 11) is 0. The first-order valence-electron chi connectivity index (χ1n) is 6.21. The Morgan fingerprint density at radius 3 is 3.17 bits per heavy atom. The van der Waals surface area contributed by atoms with Gasteiger partial charge in [-0.15, -0.1) is 0 Å². The van der Waals surface area contributed by atoms with Crippen molar-refractivity contribution in [3.63, 3.8) is 0 Å². The Morgan fingerprint density at radius 1 is 1.39 bits per heavy atom. The Balaban J connectivity index is 1.74. The first-order valence-corrected chi connectivity index (χ1v) is 6.21. The highest BCUT2D eigenvalue weighted by Crippen LogP contribution is 2.16. The van der Waals surface area contributed by atoms with Crippen LogP contribution >= 0.6 is 0 Å². The Labute approximate surface area is 105 Å². The van der Waals surface area contributed by atoms with Crippen molar-refractivity contribution in [3.8, 4) is 11.3 Å². The molecule has 1 fully saturated rings. The molecule has 2 aromatic heterocycles. The zero-order valence-electron chi connectivity index (χ0n) is 10.1. The molecule has 3 heterocycles.